The van der Waals surface area contributed by atoms with Crippen molar-refractivity contribution in [2.45, 2.75) is 34.3 Å². The molecule has 0 aliphatic rings. The maximum atomic E-state index is 8.83. The molecular formula is C18H21NO2. The van der Waals surface area contributed by atoms with Gasteiger partial charge in [0.1, 0.15) is 12.4 Å². The van der Waals surface area contributed by atoms with Crippen LogP contribution in [0.15, 0.2) is 41.6 Å². The van der Waals surface area contributed by atoms with Crippen LogP contribution in [0.25, 0.3) is 0 Å². The third kappa shape index (κ3) is 3.63. The highest BCUT2D eigenvalue weighted by atomic mass is 16.5. The van der Waals surface area contributed by atoms with Gasteiger partial charge in [0.05, 0.1) is 5.71 Å². The second-order valence-electron chi connectivity index (χ2n) is 5.38. The average Bonchev–Trinajstić information content (AvgIpc) is 2.45. The predicted octanol–water partition coefficient (Wildman–Crippen LogP) is 4.39. The van der Waals surface area contributed by atoms with Crippen molar-refractivity contribution in [3.8, 4) is 5.75 Å². The molecule has 0 atom stereocenters. The lowest BCUT2D eigenvalue weighted by Gasteiger charge is -2.13. The Labute approximate surface area is 125 Å². The molecule has 21 heavy (non-hydrogen) atoms. The minimum absolute atomic E-state index is 0.538. The van der Waals surface area contributed by atoms with Crippen molar-refractivity contribution in [3.05, 3.63) is 64.2 Å². The first-order valence-corrected chi connectivity index (χ1v) is 7.00. The van der Waals surface area contributed by atoms with Crippen LogP contribution in [0.1, 0.15) is 34.7 Å². The predicted molar refractivity (Wildman–Crippen MR) is 85.4 cm³/mol. The Kier molecular flexibility index (Phi) is 4.63. The molecule has 2 rings (SSSR count). The first-order valence-electron chi connectivity index (χ1n) is 7.00. The molecule has 0 aliphatic carbocycles. The number of aryl methyl sites for hydroxylation is 3. The lowest BCUT2D eigenvalue weighted by Crippen LogP contribution is -2.02. The van der Waals surface area contributed by atoms with Crippen LogP contribution in [-0.2, 0) is 6.61 Å². The van der Waals surface area contributed by atoms with E-state index < -0.39 is 0 Å². The second kappa shape index (κ2) is 6.44. The Morgan fingerprint density at radius 3 is 2.38 bits per heavy atom. The SMILES string of the molecule is CC(=NO)c1cccc(OCc2c(C)cc(C)cc2C)c1. The summed E-state index contributed by atoms with van der Waals surface area (Å²) in [5, 5.41) is 12.1. The van der Waals surface area contributed by atoms with Gasteiger partial charge in [-0.3, -0.25) is 0 Å². The van der Waals surface area contributed by atoms with E-state index in [4.69, 9.17) is 9.94 Å². The van der Waals surface area contributed by atoms with Crippen LogP contribution in [0.5, 0.6) is 5.75 Å². The molecule has 0 amide bonds. The fourth-order valence-corrected chi connectivity index (χ4v) is 2.46. The van der Waals surface area contributed by atoms with E-state index in [0.29, 0.717) is 12.3 Å². The summed E-state index contributed by atoms with van der Waals surface area (Å²) < 4.78 is 5.89. The van der Waals surface area contributed by atoms with Gasteiger partial charge < -0.3 is 9.94 Å². The van der Waals surface area contributed by atoms with Gasteiger partial charge in [0, 0.05) is 5.56 Å². The van der Waals surface area contributed by atoms with Crippen molar-refractivity contribution >= 4 is 5.71 Å². The van der Waals surface area contributed by atoms with Crippen molar-refractivity contribution in [3.63, 3.8) is 0 Å². The Balaban J connectivity index is 2.17. The van der Waals surface area contributed by atoms with E-state index in [1.807, 2.05) is 24.3 Å². The second-order valence-corrected chi connectivity index (χ2v) is 5.38. The third-order valence-electron chi connectivity index (χ3n) is 3.63. The highest BCUT2D eigenvalue weighted by Gasteiger charge is 2.06. The van der Waals surface area contributed by atoms with Crippen molar-refractivity contribution in [1.29, 1.82) is 0 Å². The summed E-state index contributed by atoms with van der Waals surface area (Å²) in [4.78, 5) is 0. The fraction of sp³-hybridized carbons (Fsp3) is 0.278. The van der Waals surface area contributed by atoms with E-state index in [1.165, 1.54) is 22.3 Å². The van der Waals surface area contributed by atoms with Crippen LogP contribution in [0.2, 0.25) is 0 Å². The van der Waals surface area contributed by atoms with E-state index in [1.54, 1.807) is 6.92 Å². The number of nitrogens with zero attached hydrogens (tertiary/aromatic N) is 1. The number of benzene rings is 2. The first-order chi connectivity index (χ1) is 10.0. The summed E-state index contributed by atoms with van der Waals surface area (Å²) >= 11 is 0. The maximum Gasteiger partial charge on any atom is 0.120 e. The average molecular weight is 283 g/mol. The molecule has 2 aromatic rings. The number of hydrogen-bond acceptors (Lipinski definition) is 3. The van der Waals surface area contributed by atoms with Gasteiger partial charge in [0.2, 0.25) is 0 Å². The quantitative estimate of drug-likeness (QED) is 0.513. The highest BCUT2D eigenvalue weighted by molar-refractivity contribution is 5.98. The molecule has 1 N–H and O–H groups in total. The summed E-state index contributed by atoms with van der Waals surface area (Å²) in [6, 6.07) is 11.9. The molecule has 0 heterocycles. The van der Waals surface area contributed by atoms with Crippen molar-refractivity contribution < 1.29 is 9.94 Å². The summed E-state index contributed by atoms with van der Waals surface area (Å²) in [5.74, 6) is 0.773. The maximum absolute atomic E-state index is 8.83. The monoisotopic (exact) mass is 283 g/mol. The minimum Gasteiger partial charge on any atom is -0.489 e. The Morgan fingerprint density at radius 2 is 1.76 bits per heavy atom. The normalized spacial score (nSPS) is 11.5. The van der Waals surface area contributed by atoms with Gasteiger partial charge in [-0.15, -0.1) is 0 Å². The van der Waals surface area contributed by atoms with Crippen LogP contribution in [-0.4, -0.2) is 10.9 Å². The Hall–Kier alpha value is -2.29. The van der Waals surface area contributed by atoms with Gasteiger partial charge in [-0.1, -0.05) is 35.0 Å². The number of rotatable bonds is 4. The van der Waals surface area contributed by atoms with E-state index >= 15 is 0 Å². The van der Waals surface area contributed by atoms with Gasteiger partial charge in [0.25, 0.3) is 0 Å². The van der Waals surface area contributed by atoms with Gasteiger partial charge in [-0.2, -0.15) is 0 Å². The van der Waals surface area contributed by atoms with Crippen molar-refractivity contribution in [1.82, 2.24) is 0 Å². The molecule has 0 spiro atoms. The zero-order chi connectivity index (χ0) is 15.4. The number of hydrogen-bond donors (Lipinski definition) is 1. The molecule has 0 bridgehead atoms. The van der Waals surface area contributed by atoms with Gasteiger partial charge >= 0.3 is 0 Å². The number of oxime groups is 1. The first kappa shape index (κ1) is 15.1. The van der Waals surface area contributed by atoms with E-state index in [9.17, 15) is 0 Å². The zero-order valence-corrected chi connectivity index (χ0v) is 13.0. The van der Waals surface area contributed by atoms with E-state index in [2.05, 4.69) is 38.1 Å². The molecule has 0 saturated carbocycles. The van der Waals surface area contributed by atoms with E-state index in [0.717, 1.165) is 11.3 Å². The summed E-state index contributed by atoms with van der Waals surface area (Å²) in [6.07, 6.45) is 0. The molecule has 0 unspecified atom stereocenters. The van der Waals surface area contributed by atoms with Crippen LogP contribution in [0.4, 0.5) is 0 Å². The van der Waals surface area contributed by atoms with Gasteiger partial charge in [0.15, 0.2) is 0 Å². The van der Waals surface area contributed by atoms with Crippen molar-refractivity contribution in [2.75, 3.05) is 0 Å². The van der Waals surface area contributed by atoms with Gasteiger partial charge in [-0.05, 0) is 56.5 Å². The van der Waals surface area contributed by atoms with Crippen LogP contribution in [0.3, 0.4) is 0 Å². The minimum atomic E-state index is 0.538. The van der Waals surface area contributed by atoms with Crippen LogP contribution < -0.4 is 4.74 Å². The molecule has 3 nitrogen and oxygen atoms in total. The smallest absolute Gasteiger partial charge is 0.120 e. The summed E-state index contributed by atoms with van der Waals surface area (Å²) in [6.45, 7) is 8.62. The molecular weight excluding hydrogens is 262 g/mol. The van der Waals surface area contributed by atoms with Crippen LogP contribution in [0, 0.1) is 20.8 Å². The Bertz CT molecular complexity index is 652. The van der Waals surface area contributed by atoms with Crippen molar-refractivity contribution in [2.24, 2.45) is 5.16 Å². The zero-order valence-electron chi connectivity index (χ0n) is 13.0. The standard InChI is InChI=1S/C18H21NO2/c1-12-8-13(2)18(14(3)9-12)11-21-17-7-5-6-16(10-17)15(4)19-20/h5-10,20H,11H2,1-4H3. The lowest BCUT2D eigenvalue weighted by molar-refractivity contribution is 0.304. The largest absolute Gasteiger partial charge is 0.489 e. The molecule has 0 radical (unpaired) electrons. The molecule has 0 fully saturated rings. The Morgan fingerprint density at radius 1 is 1.10 bits per heavy atom. The third-order valence-corrected chi connectivity index (χ3v) is 3.63. The molecule has 0 aromatic heterocycles. The fourth-order valence-electron chi connectivity index (χ4n) is 2.46. The number of ether oxygens (including phenoxy) is 1. The summed E-state index contributed by atoms with van der Waals surface area (Å²) in [7, 11) is 0. The van der Waals surface area contributed by atoms with E-state index in [-0.39, 0.29) is 0 Å². The lowest BCUT2D eigenvalue weighted by atomic mass is 10.0. The molecule has 2 aromatic carbocycles. The van der Waals surface area contributed by atoms with Gasteiger partial charge in [-0.25, -0.2) is 0 Å². The molecule has 3 heteroatoms. The molecule has 110 valence electrons. The molecule has 0 aliphatic heterocycles. The molecule has 0 saturated heterocycles. The topological polar surface area (TPSA) is 41.8 Å². The summed E-state index contributed by atoms with van der Waals surface area (Å²) in [5.41, 5.74) is 6.41. The highest BCUT2D eigenvalue weighted by Crippen LogP contribution is 2.20. The van der Waals surface area contributed by atoms with Crippen LogP contribution >= 0.6 is 0 Å².